The molecule has 5 heteroatoms. The third-order valence-corrected chi connectivity index (χ3v) is 4.31. The molecule has 0 saturated carbocycles. The molecule has 0 spiro atoms. The third kappa shape index (κ3) is 6.12. The fourth-order valence-electron chi connectivity index (χ4n) is 2.09. The topological polar surface area (TPSA) is 66.4 Å². The average molecular weight is 309 g/mol. The van der Waals surface area contributed by atoms with Crippen LogP contribution in [0.3, 0.4) is 0 Å². The number of carboxylic acids is 1. The second-order valence-electron chi connectivity index (χ2n) is 4.94. The lowest BCUT2D eigenvalue weighted by molar-refractivity contribution is -0.131. The molecule has 116 valence electrons. The molecule has 0 aliphatic rings. The summed E-state index contributed by atoms with van der Waals surface area (Å²) in [5.74, 6) is -0.808. The number of thiophene rings is 1. The van der Waals surface area contributed by atoms with Gasteiger partial charge < -0.3 is 10.4 Å². The first kappa shape index (κ1) is 17.4. The van der Waals surface area contributed by atoms with Crippen molar-refractivity contribution in [3.8, 4) is 0 Å². The predicted molar refractivity (Wildman–Crippen MR) is 86.1 cm³/mol. The second kappa shape index (κ2) is 9.34. The van der Waals surface area contributed by atoms with Crippen LogP contribution in [0.2, 0.25) is 0 Å². The quantitative estimate of drug-likeness (QED) is 0.684. The number of hydrogen-bond donors (Lipinski definition) is 2. The summed E-state index contributed by atoms with van der Waals surface area (Å²) in [6, 6.07) is 1.86. The number of nitrogens with one attached hydrogen (secondary N) is 1. The summed E-state index contributed by atoms with van der Waals surface area (Å²) in [5.41, 5.74) is 0.851. The zero-order chi connectivity index (χ0) is 15.7. The van der Waals surface area contributed by atoms with E-state index in [1.807, 2.05) is 18.4 Å². The Labute approximate surface area is 129 Å². The van der Waals surface area contributed by atoms with Gasteiger partial charge in [-0.3, -0.25) is 4.79 Å². The molecule has 21 heavy (non-hydrogen) atoms. The zero-order valence-electron chi connectivity index (χ0n) is 12.6. The monoisotopic (exact) mass is 309 g/mol. The maximum atomic E-state index is 12.1. The van der Waals surface area contributed by atoms with E-state index in [0.717, 1.165) is 42.2 Å². The van der Waals surface area contributed by atoms with Gasteiger partial charge >= 0.3 is 5.97 Å². The van der Waals surface area contributed by atoms with Gasteiger partial charge in [0.05, 0.1) is 6.54 Å². The number of rotatable bonds is 9. The molecule has 1 aromatic rings. The van der Waals surface area contributed by atoms with Crippen molar-refractivity contribution in [3.05, 3.63) is 28.0 Å². The lowest BCUT2D eigenvalue weighted by Gasteiger charge is -2.14. The van der Waals surface area contributed by atoms with E-state index in [0.29, 0.717) is 6.54 Å². The number of hydrogen-bond acceptors (Lipinski definition) is 3. The highest BCUT2D eigenvalue weighted by molar-refractivity contribution is 7.10. The molecule has 0 bridgehead atoms. The minimum Gasteiger partial charge on any atom is -0.478 e. The Balaban J connectivity index is 2.56. The Morgan fingerprint density at radius 3 is 2.81 bits per heavy atom. The van der Waals surface area contributed by atoms with Gasteiger partial charge in [0.1, 0.15) is 0 Å². The van der Waals surface area contributed by atoms with Crippen LogP contribution < -0.4 is 5.32 Å². The van der Waals surface area contributed by atoms with Crippen molar-refractivity contribution in [2.75, 3.05) is 0 Å². The maximum Gasteiger partial charge on any atom is 0.328 e. The van der Waals surface area contributed by atoms with Gasteiger partial charge in [0.2, 0.25) is 5.91 Å². The standard InChI is InChI=1S/C16H23NO3S/c1-3-5-6-12(4-2)16(20)17-11-14-13(9-10-21-14)7-8-15(18)19/h7-10,12H,3-6,11H2,1-2H3,(H,17,20)(H,18,19)/b8-7+. The Morgan fingerprint density at radius 2 is 2.19 bits per heavy atom. The molecule has 0 aliphatic carbocycles. The zero-order valence-corrected chi connectivity index (χ0v) is 13.4. The fraction of sp³-hybridized carbons (Fsp3) is 0.500. The van der Waals surface area contributed by atoms with E-state index in [9.17, 15) is 9.59 Å². The predicted octanol–water partition coefficient (Wildman–Crippen LogP) is 3.68. The van der Waals surface area contributed by atoms with E-state index in [1.165, 1.54) is 11.3 Å². The normalized spacial score (nSPS) is 12.5. The lowest BCUT2D eigenvalue weighted by atomic mass is 9.98. The molecule has 0 saturated heterocycles. The molecular formula is C16H23NO3S. The Hall–Kier alpha value is -1.62. The van der Waals surface area contributed by atoms with Crippen LogP contribution in [0.25, 0.3) is 6.08 Å². The van der Waals surface area contributed by atoms with Gasteiger partial charge in [0.15, 0.2) is 0 Å². The number of carboxylic acid groups (broad SMARTS) is 1. The lowest BCUT2D eigenvalue weighted by Crippen LogP contribution is -2.29. The summed E-state index contributed by atoms with van der Waals surface area (Å²) in [7, 11) is 0. The summed E-state index contributed by atoms with van der Waals surface area (Å²) in [6.07, 6.45) is 6.62. The molecule has 2 N–H and O–H groups in total. The van der Waals surface area contributed by atoms with Gasteiger partial charge in [-0.25, -0.2) is 4.79 Å². The molecule has 1 heterocycles. The van der Waals surface area contributed by atoms with Gasteiger partial charge in [-0.2, -0.15) is 0 Å². The molecule has 0 aromatic carbocycles. The van der Waals surface area contributed by atoms with E-state index in [1.54, 1.807) is 6.08 Å². The molecule has 0 radical (unpaired) electrons. The van der Waals surface area contributed by atoms with Crippen molar-refractivity contribution in [1.82, 2.24) is 5.32 Å². The van der Waals surface area contributed by atoms with Crippen molar-refractivity contribution in [2.45, 2.75) is 46.1 Å². The van der Waals surface area contributed by atoms with Crippen LogP contribution in [0.4, 0.5) is 0 Å². The third-order valence-electron chi connectivity index (χ3n) is 3.38. The number of aliphatic carboxylic acids is 1. The van der Waals surface area contributed by atoms with E-state index in [4.69, 9.17) is 5.11 Å². The number of amides is 1. The maximum absolute atomic E-state index is 12.1. The first-order chi connectivity index (χ1) is 10.1. The summed E-state index contributed by atoms with van der Waals surface area (Å²) < 4.78 is 0. The Bertz CT molecular complexity index is 493. The Kier molecular flexibility index (Phi) is 7.75. The van der Waals surface area contributed by atoms with Gasteiger partial charge in [0, 0.05) is 16.9 Å². The minimum atomic E-state index is -0.971. The highest BCUT2D eigenvalue weighted by Gasteiger charge is 2.15. The van der Waals surface area contributed by atoms with Crippen LogP contribution in [0.1, 0.15) is 50.0 Å². The van der Waals surface area contributed by atoms with Crippen LogP contribution in [0.15, 0.2) is 17.5 Å². The number of carbonyl (C=O) groups excluding carboxylic acids is 1. The molecule has 4 nitrogen and oxygen atoms in total. The van der Waals surface area contributed by atoms with Crippen LogP contribution in [-0.2, 0) is 16.1 Å². The molecule has 1 amide bonds. The van der Waals surface area contributed by atoms with E-state index in [-0.39, 0.29) is 11.8 Å². The summed E-state index contributed by atoms with van der Waals surface area (Å²) in [5, 5.41) is 13.5. The van der Waals surface area contributed by atoms with Crippen LogP contribution in [0, 0.1) is 5.92 Å². The second-order valence-corrected chi connectivity index (χ2v) is 5.94. The van der Waals surface area contributed by atoms with Crippen molar-refractivity contribution in [1.29, 1.82) is 0 Å². The molecular weight excluding hydrogens is 286 g/mol. The largest absolute Gasteiger partial charge is 0.478 e. The minimum absolute atomic E-state index is 0.0722. The first-order valence-electron chi connectivity index (χ1n) is 7.33. The van der Waals surface area contributed by atoms with Crippen LogP contribution in [0.5, 0.6) is 0 Å². The van der Waals surface area contributed by atoms with Gasteiger partial charge in [-0.1, -0.05) is 26.7 Å². The number of unbranched alkanes of at least 4 members (excludes halogenated alkanes) is 1. The SMILES string of the molecule is CCCCC(CC)C(=O)NCc1sccc1/C=C/C(=O)O. The van der Waals surface area contributed by atoms with Crippen molar-refractivity contribution >= 4 is 29.3 Å². The molecule has 1 atom stereocenters. The van der Waals surface area contributed by atoms with E-state index in [2.05, 4.69) is 12.2 Å². The van der Waals surface area contributed by atoms with Crippen molar-refractivity contribution in [2.24, 2.45) is 5.92 Å². The molecule has 0 aliphatic heterocycles. The smallest absolute Gasteiger partial charge is 0.328 e. The Morgan fingerprint density at radius 1 is 1.43 bits per heavy atom. The van der Waals surface area contributed by atoms with Crippen LogP contribution in [-0.4, -0.2) is 17.0 Å². The highest BCUT2D eigenvalue weighted by atomic mass is 32.1. The summed E-state index contributed by atoms with van der Waals surface area (Å²) >= 11 is 1.52. The average Bonchev–Trinajstić information content (AvgIpc) is 2.91. The van der Waals surface area contributed by atoms with Gasteiger partial charge in [-0.05, 0) is 35.9 Å². The van der Waals surface area contributed by atoms with Crippen molar-refractivity contribution in [3.63, 3.8) is 0 Å². The van der Waals surface area contributed by atoms with Crippen LogP contribution >= 0.6 is 11.3 Å². The van der Waals surface area contributed by atoms with E-state index >= 15 is 0 Å². The molecule has 0 fully saturated rings. The fourth-order valence-corrected chi connectivity index (χ4v) is 2.89. The first-order valence-corrected chi connectivity index (χ1v) is 8.21. The summed E-state index contributed by atoms with van der Waals surface area (Å²) in [4.78, 5) is 23.7. The van der Waals surface area contributed by atoms with Gasteiger partial charge in [0.25, 0.3) is 0 Å². The molecule has 1 aromatic heterocycles. The van der Waals surface area contributed by atoms with E-state index < -0.39 is 5.97 Å². The number of carbonyl (C=O) groups is 2. The summed E-state index contributed by atoms with van der Waals surface area (Å²) in [6.45, 7) is 4.61. The highest BCUT2D eigenvalue weighted by Crippen LogP contribution is 2.19. The molecule has 1 rings (SSSR count). The molecule has 1 unspecified atom stereocenters. The van der Waals surface area contributed by atoms with Gasteiger partial charge in [-0.15, -0.1) is 11.3 Å². The van der Waals surface area contributed by atoms with Crippen molar-refractivity contribution < 1.29 is 14.7 Å².